The maximum atomic E-state index is 14.9. The molecule has 0 radical (unpaired) electrons. The molecule has 2 aromatic carbocycles. The number of likely N-dealkylation sites (tertiary alicyclic amines) is 3. The van der Waals surface area contributed by atoms with Gasteiger partial charge in [0, 0.05) is 58.4 Å². The molecule has 4 saturated heterocycles. The first-order valence-corrected chi connectivity index (χ1v) is 40.2. The number of aliphatic hydroxyl groups is 1. The Morgan fingerprint density at radius 2 is 0.965 bits per heavy atom. The summed E-state index contributed by atoms with van der Waals surface area (Å²) in [6.45, 7) is 3.23. The molecule has 4 aliphatic rings. The summed E-state index contributed by atoms with van der Waals surface area (Å²) < 4.78 is 0. The van der Waals surface area contributed by atoms with Crippen molar-refractivity contribution < 1.29 is 86.9 Å². The van der Waals surface area contributed by atoms with E-state index >= 15 is 0 Å². The average molecular weight is 1620 g/mol. The summed E-state index contributed by atoms with van der Waals surface area (Å²) in [6.07, 6.45) is 1.75. The summed E-state index contributed by atoms with van der Waals surface area (Å²) in [5.74, 6) is -13.3. The number of benzene rings is 2. The molecule has 15 amide bonds. The van der Waals surface area contributed by atoms with E-state index in [0.717, 1.165) is 0 Å². The fourth-order valence-corrected chi connectivity index (χ4v) is 14.5. The fraction of sp³-hybridized carbons (Fsp3) is 0.613. The minimum Gasteiger partial charge on any atom is -0.480 e. The molecule has 39 heteroatoms. The van der Waals surface area contributed by atoms with Crippen molar-refractivity contribution in [3.05, 3.63) is 71.8 Å². The molecule has 0 unspecified atom stereocenters. The van der Waals surface area contributed by atoms with Gasteiger partial charge in [-0.25, -0.2) is 4.79 Å². The zero-order chi connectivity index (χ0) is 83.6. The van der Waals surface area contributed by atoms with Gasteiger partial charge in [0.2, 0.25) is 88.6 Å². The summed E-state index contributed by atoms with van der Waals surface area (Å²) in [5, 5.41) is 59.1. The number of carbonyl (C=O) groups excluding carboxylic acids is 15. The summed E-state index contributed by atoms with van der Waals surface area (Å²) in [5.41, 5.74) is 23.6. The highest BCUT2D eigenvalue weighted by atomic mass is 32.2. The molecular formula is C75H114N20O18S. The number of aliphatic carboxylic acids is 1. The minimum absolute atomic E-state index is 0.00713. The lowest BCUT2D eigenvalue weighted by Gasteiger charge is -2.32. The smallest absolute Gasteiger partial charge is 0.326 e. The van der Waals surface area contributed by atoms with E-state index in [1.165, 1.54) is 26.5 Å². The first-order valence-electron chi connectivity index (χ1n) is 38.8. The number of aliphatic hydroxyl groups excluding tert-OH is 1. The van der Waals surface area contributed by atoms with Gasteiger partial charge >= 0.3 is 5.97 Å². The third kappa shape index (κ3) is 30.1. The fourth-order valence-electron chi connectivity index (χ4n) is 14.1. The Bertz CT molecular complexity index is 3680. The molecule has 38 nitrogen and oxygen atoms in total. The van der Waals surface area contributed by atoms with Gasteiger partial charge in [-0.3, -0.25) is 77.3 Å². The molecule has 0 saturated carbocycles. The van der Waals surface area contributed by atoms with Crippen LogP contribution in [0.1, 0.15) is 141 Å². The highest BCUT2D eigenvalue weighted by Crippen LogP contribution is 2.25. The van der Waals surface area contributed by atoms with Crippen LogP contribution in [0, 0.1) is 11.3 Å². The quantitative estimate of drug-likeness (QED) is 0.0168. The first kappa shape index (κ1) is 92.3. The van der Waals surface area contributed by atoms with Crippen molar-refractivity contribution in [3.8, 4) is 0 Å². The number of carboxylic acids is 1. The van der Waals surface area contributed by atoms with Gasteiger partial charge in [0.15, 0.2) is 5.96 Å². The van der Waals surface area contributed by atoms with Crippen LogP contribution in [0.15, 0.2) is 60.7 Å². The number of nitrogens with zero attached hydrogens (tertiary/aromatic N) is 3. The second-order valence-electron chi connectivity index (χ2n) is 29.4. The number of unbranched alkanes of at least 4 members (excludes halogenated alkanes) is 1. The Balaban J connectivity index is 1.16. The molecule has 114 heavy (non-hydrogen) atoms. The molecule has 0 aliphatic carbocycles. The number of nitrogens with two attached hydrogens (primary N) is 4. The topological polar surface area (TPSA) is 596 Å². The average Bonchev–Trinajstić information content (AvgIpc) is 1.65. The predicted octanol–water partition coefficient (Wildman–Crippen LogP) is -4.91. The van der Waals surface area contributed by atoms with Gasteiger partial charge in [0.25, 0.3) is 0 Å². The summed E-state index contributed by atoms with van der Waals surface area (Å²) in [6, 6.07) is 1.47. The van der Waals surface area contributed by atoms with E-state index in [4.69, 9.17) is 28.3 Å². The number of carboxylic acid groups (broad SMARTS) is 1. The molecule has 0 bridgehead atoms. The van der Waals surface area contributed by atoms with Gasteiger partial charge in [-0.15, -0.1) is 0 Å². The Kier molecular flexibility index (Phi) is 38.2. The highest BCUT2D eigenvalue weighted by molar-refractivity contribution is 7.98. The number of rotatable bonds is 47. The van der Waals surface area contributed by atoms with Crippen LogP contribution in [-0.2, 0) is 89.6 Å². The number of amides is 15. The number of carbonyl (C=O) groups is 16. The molecule has 4 aliphatic heterocycles. The van der Waals surface area contributed by atoms with Crippen LogP contribution in [0.4, 0.5) is 0 Å². The third-order valence-corrected chi connectivity index (χ3v) is 20.6. The van der Waals surface area contributed by atoms with Crippen LogP contribution < -0.4 is 86.7 Å². The maximum absolute atomic E-state index is 14.9. The van der Waals surface area contributed by atoms with E-state index < -0.39 is 206 Å². The van der Waals surface area contributed by atoms with Crippen LogP contribution in [0.5, 0.6) is 0 Å². The molecule has 4 heterocycles. The largest absolute Gasteiger partial charge is 0.480 e. The van der Waals surface area contributed by atoms with Crippen LogP contribution >= 0.6 is 11.8 Å². The number of primary amides is 2. The van der Waals surface area contributed by atoms with Crippen LogP contribution in [-0.4, -0.2) is 268 Å². The summed E-state index contributed by atoms with van der Waals surface area (Å²) in [7, 11) is 0. The standard InChI is InChI=1S/C75H114N20O18S/c1-43(2)36-52(66(104)90-51(74(112)113)29-35-114-3)86-62(100)41-83-63(101)53(37-44-16-6-4-7-17-44)91-67(105)54(38-45-18-8-5-9-19-45)92-65(103)47(25-27-59(77)97)87-64(102)48(26-28-60(78)98)88-69(107)57-23-14-34-95(57)72(110)50(20-10-11-30-76)89-70(108)58-24-15-33-94(58)71(109)49(21-12-31-81-75(79)80)85-61(99)42-84-68(106)56-22-13-32-93(56)73(111)55-39-46(96)40-82-55/h4-9,16-19,43,46-58,82,96H,10-15,20-42,76H2,1-3H3,(H2,77,97)(H2,78,98)(H,83,101)(H,84,106)(H,85,99)(H,86,100)(H,87,102)(H,88,107)(H,89,108)(H,90,104)(H,91,105)(H,92,103)(H,112,113)(H4,79,80,81)/t46-,47+,48+,49+,50+,51+,52+,53+,54+,55+,56+,57+,58+/m1/s1. The highest BCUT2D eigenvalue weighted by Gasteiger charge is 2.44. The Morgan fingerprint density at radius 3 is 1.46 bits per heavy atom. The molecule has 13 atom stereocenters. The Hall–Kier alpha value is -10.5. The molecule has 0 spiro atoms. The number of nitrogens with one attached hydrogen (secondary N) is 13. The monoisotopic (exact) mass is 1610 g/mol. The number of hydrogen-bond donors (Lipinski definition) is 19. The van der Waals surface area contributed by atoms with Crippen molar-refractivity contribution in [1.29, 1.82) is 5.41 Å². The van der Waals surface area contributed by atoms with Gasteiger partial charge in [-0.1, -0.05) is 74.5 Å². The van der Waals surface area contributed by atoms with Crippen molar-refractivity contribution >= 4 is 112 Å². The van der Waals surface area contributed by atoms with Gasteiger partial charge < -0.3 is 112 Å². The Morgan fingerprint density at radius 1 is 0.518 bits per heavy atom. The molecule has 23 N–H and O–H groups in total. The zero-order valence-corrected chi connectivity index (χ0v) is 65.7. The SMILES string of the molecule is CSCC[C@H](NC(=O)[C@H](CC(C)C)NC(=O)CNC(=O)[C@H](Cc1ccccc1)NC(=O)[C@H](Cc1ccccc1)NC(=O)[C@H](CCC(N)=O)NC(=O)[C@H](CCC(N)=O)NC(=O)[C@@H]1CCCN1C(=O)[C@H](CCCCN)NC(=O)[C@@H]1CCCN1C(=O)[C@H](CCCNC(=N)N)NC(=O)CNC(=O)[C@@H]1CCCN1C(=O)[C@@H]1C[C@@H](O)CN1)C(=O)O. The number of hydrogen-bond acceptors (Lipinski definition) is 21. The lowest BCUT2D eigenvalue weighted by atomic mass is 10.0. The molecular weight excluding hydrogens is 1500 g/mol. The van der Waals surface area contributed by atoms with Crippen molar-refractivity contribution in [2.45, 2.75) is 221 Å². The molecule has 4 fully saturated rings. The number of thioether (sulfide) groups is 1. The zero-order valence-electron chi connectivity index (χ0n) is 64.8. The lowest BCUT2D eigenvalue weighted by molar-refractivity contribution is -0.145. The van der Waals surface area contributed by atoms with Crippen molar-refractivity contribution in [3.63, 3.8) is 0 Å². The third-order valence-electron chi connectivity index (χ3n) is 20.0. The van der Waals surface area contributed by atoms with Crippen LogP contribution in [0.2, 0.25) is 0 Å². The predicted molar refractivity (Wildman–Crippen MR) is 417 cm³/mol. The van der Waals surface area contributed by atoms with Crippen molar-refractivity contribution in [2.24, 2.45) is 28.9 Å². The number of β-amino-alcohol motifs (C(OH)–C–C–N with tert-alkyl or cyclic N) is 1. The van der Waals surface area contributed by atoms with E-state index in [1.54, 1.807) is 80.8 Å². The van der Waals surface area contributed by atoms with E-state index in [2.05, 4.69) is 63.8 Å². The van der Waals surface area contributed by atoms with Gasteiger partial charge in [0.1, 0.15) is 66.5 Å². The summed E-state index contributed by atoms with van der Waals surface area (Å²) in [4.78, 5) is 225. The van der Waals surface area contributed by atoms with Gasteiger partial charge in [0.05, 0.1) is 25.2 Å². The molecule has 6 rings (SSSR count). The van der Waals surface area contributed by atoms with Crippen LogP contribution in [0.3, 0.4) is 0 Å². The molecule has 2 aromatic rings. The second kappa shape index (κ2) is 47.2. The summed E-state index contributed by atoms with van der Waals surface area (Å²) >= 11 is 1.39. The normalized spacial score (nSPS) is 19.2. The Labute approximate surface area is 666 Å². The van der Waals surface area contributed by atoms with E-state index in [1.807, 2.05) is 0 Å². The maximum Gasteiger partial charge on any atom is 0.326 e. The molecule has 628 valence electrons. The van der Waals surface area contributed by atoms with Crippen molar-refractivity contribution in [2.75, 3.05) is 64.4 Å². The van der Waals surface area contributed by atoms with E-state index in [9.17, 15) is 86.9 Å². The van der Waals surface area contributed by atoms with Crippen molar-refractivity contribution in [1.82, 2.24) is 78.5 Å². The van der Waals surface area contributed by atoms with E-state index in [-0.39, 0.29) is 121 Å². The van der Waals surface area contributed by atoms with Gasteiger partial charge in [-0.2, -0.15) is 11.8 Å². The lowest BCUT2D eigenvalue weighted by Crippen LogP contribution is -2.60. The van der Waals surface area contributed by atoms with Crippen LogP contribution in [0.25, 0.3) is 0 Å². The van der Waals surface area contributed by atoms with E-state index in [0.29, 0.717) is 55.5 Å². The first-order chi connectivity index (χ1) is 54.4. The minimum atomic E-state index is -1.70. The van der Waals surface area contributed by atoms with Gasteiger partial charge in [-0.05, 0) is 138 Å². The number of guanidine groups is 1. The second-order valence-corrected chi connectivity index (χ2v) is 30.4. The molecule has 0 aromatic heterocycles.